The molecule has 0 aromatic heterocycles. The molecule has 0 atom stereocenters. The second kappa shape index (κ2) is 29.3. The Hall–Kier alpha value is 1.25. The van der Waals surface area contributed by atoms with E-state index >= 15 is 0 Å². The minimum absolute atomic E-state index is 0. The second-order valence-corrected chi connectivity index (χ2v) is 3.35. The van der Waals surface area contributed by atoms with Gasteiger partial charge in [0.25, 0.3) is 0 Å². The van der Waals surface area contributed by atoms with E-state index in [4.69, 9.17) is 0 Å². The Kier molecular flexibility index (Phi) is 53.1. The predicted octanol–water partition coefficient (Wildman–Crippen LogP) is 4.75. The molecule has 0 aliphatic heterocycles. The summed E-state index contributed by atoms with van der Waals surface area (Å²) in [5.74, 6) is 0. The summed E-state index contributed by atoms with van der Waals surface area (Å²) in [4.78, 5) is 0. The Balaban J connectivity index is -0.0000000738. The van der Waals surface area contributed by atoms with Crippen molar-refractivity contribution in [1.29, 1.82) is 0 Å². The summed E-state index contributed by atoms with van der Waals surface area (Å²) in [6.07, 6.45) is 6.80. The normalized spacial score (nSPS) is 5.71. The van der Waals surface area contributed by atoms with Crippen LogP contribution in [0.15, 0.2) is 53.3 Å². The molecule has 0 aliphatic carbocycles. The van der Waals surface area contributed by atoms with E-state index < -0.39 is 5.41 Å². The average Bonchev–Trinajstić information content (AvgIpc) is 2.26. The summed E-state index contributed by atoms with van der Waals surface area (Å²) < 4.78 is 0. The van der Waals surface area contributed by atoms with Crippen molar-refractivity contribution in [3.63, 3.8) is 0 Å². The summed E-state index contributed by atoms with van der Waals surface area (Å²) in [5, 5.41) is 0. The molecule has 0 aromatic carbocycles. The van der Waals surface area contributed by atoms with Gasteiger partial charge in [0.2, 0.25) is 0 Å². The standard InChI is InChI=1S/C14H10.C3H7.CH3.3Y/c1-5-7-9-11-13-14(3,4)12-10-8-6-2;1-3-2;;;;/h1-2H2,3-4H3;1,3H2,2H3;1H3;;;/q-2;2*-1;;;. The van der Waals surface area contributed by atoms with Crippen molar-refractivity contribution in [3.05, 3.63) is 79.8 Å². The van der Waals surface area contributed by atoms with E-state index in [2.05, 4.69) is 72.4 Å². The van der Waals surface area contributed by atoms with Gasteiger partial charge in [0, 0.05) is 98.1 Å². The first-order valence-corrected chi connectivity index (χ1v) is 5.16. The van der Waals surface area contributed by atoms with E-state index in [1.54, 1.807) is 0 Å². The Morgan fingerprint density at radius 2 is 1.24 bits per heavy atom. The molecule has 0 amide bonds. The van der Waals surface area contributed by atoms with Gasteiger partial charge in [0.05, 0.1) is 0 Å². The zero-order valence-electron chi connectivity index (χ0n) is 13.6. The third kappa shape index (κ3) is 38.8. The van der Waals surface area contributed by atoms with Gasteiger partial charge in [-0.1, -0.05) is 33.1 Å². The van der Waals surface area contributed by atoms with Crippen molar-refractivity contribution in [2.45, 2.75) is 27.2 Å². The van der Waals surface area contributed by atoms with E-state index in [1.165, 1.54) is 0 Å². The number of hydrogen-bond donors (Lipinski definition) is 0. The van der Waals surface area contributed by atoms with Crippen LogP contribution in [-0.2, 0) is 98.1 Å². The molecule has 0 fully saturated rings. The smallest absolute Gasteiger partial charge is 0 e. The fourth-order valence-electron chi connectivity index (χ4n) is 0.526. The second-order valence-electron chi connectivity index (χ2n) is 3.35. The quantitative estimate of drug-likeness (QED) is 0.377. The third-order valence-electron chi connectivity index (χ3n) is 1.11. The van der Waals surface area contributed by atoms with Gasteiger partial charge in [-0.2, -0.15) is 12.2 Å². The van der Waals surface area contributed by atoms with E-state index in [9.17, 15) is 0 Å². The topological polar surface area (TPSA) is 0 Å². The van der Waals surface area contributed by atoms with Gasteiger partial charge in [-0.05, 0) is 6.58 Å². The molecule has 0 saturated carbocycles. The SMILES string of the molecule is C=C=C=C=C=[C-]C(C)(C)[C-]=C=C=C=C.[CH2-]CC.[CH3-].[Y].[Y].[Y]. The van der Waals surface area contributed by atoms with Crippen molar-refractivity contribution < 1.29 is 98.1 Å². The van der Waals surface area contributed by atoms with Gasteiger partial charge < -0.3 is 14.4 Å². The predicted molar refractivity (Wildman–Crippen MR) is 78.2 cm³/mol. The minimum atomic E-state index is -0.403. The zero-order valence-corrected chi connectivity index (χ0v) is 22.1. The maximum absolute atomic E-state index is 3.49. The Labute approximate surface area is 207 Å². The van der Waals surface area contributed by atoms with Crippen LogP contribution in [0.3, 0.4) is 0 Å². The Morgan fingerprint density at radius 3 is 1.57 bits per heavy atom. The first-order chi connectivity index (χ1) is 8.04. The number of allylic oxidation sites excluding steroid dienone is 2. The molecule has 0 spiro atoms. The first kappa shape index (κ1) is 38.0. The van der Waals surface area contributed by atoms with Crippen molar-refractivity contribution in [1.82, 2.24) is 0 Å². The van der Waals surface area contributed by atoms with Crippen LogP contribution < -0.4 is 0 Å². The van der Waals surface area contributed by atoms with Crippen LogP contribution in [0.1, 0.15) is 27.2 Å². The summed E-state index contributed by atoms with van der Waals surface area (Å²) >= 11 is 0. The van der Waals surface area contributed by atoms with Crippen molar-refractivity contribution in [2.75, 3.05) is 0 Å². The molecule has 105 valence electrons. The van der Waals surface area contributed by atoms with Gasteiger partial charge in [0.15, 0.2) is 0 Å². The summed E-state index contributed by atoms with van der Waals surface area (Å²) in [6.45, 7) is 16.0. The maximum Gasteiger partial charge on any atom is 0 e. The van der Waals surface area contributed by atoms with Crippen LogP contribution in [0.4, 0.5) is 0 Å². The molecule has 0 aliphatic rings. The van der Waals surface area contributed by atoms with Crippen LogP contribution in [-0.4, -0.2) is 0 Å². The van der Waals surface area contributed by atoms with Crippen LogP contribution in [0, 0.1) is 31.9 Å². The van der Waals surface area contributed by atoms with Crippen molar-refractivity contribution >= 4 is 0 Å². The molecular weight excluding hydrogens is 483 g/mol. The fraction of sp³-hybridized carbons (Fsp3) is 0.278. The number of rotatable bonds is 2. The van der Waals surface area contributed by atoms with Crippen LogP contribution in [0.5, 0.6) is 0 Å². The first-order valence-electron chi connectivity index (χ1n) is 5.16. The zero-order chi connectivity index (χ0) is 13.6. The molecular formula is C18H20Y3-4. The van der Waals surface area contributed by atoms with Crippen LogP contribution in [0.25, 0.3) is 0 Å². The molecule has 3 radical (unpaired) electrons. The van der Waals surface area contributed by atoms with Crippen LogP contribution >= 0.6 is 0 Å². The Bertz CT molecular complexity index is 485. The molecule has 0 unspecified atom stereocenters. The number of hydrogen-bond acceptors (Lipinski definition) is 0. The van der Waals surface area contributed by atoms with E-state index in [-0.39, 0.29) is 106 Å². The Morgan fingerprint density at radius 1 is 0.905 bits per heavy atom. The largest absolute Gasteiger partial charge is 0.358 e. The summed E-state index contributed by atoms with van der Waals surface area (Å²) in [7, 11) is 0. The van der Waals surface area contributed by atoms with Gasteiger partial charge in [0.1, 0.15) is 0 Å². The summed E-state index contributed by atoms with van der Waals surface area (Å²) in [5.41, 5.74) is 17.5. The third-order valence-corrected chi connectivity index (χ3v) is 1.11. The van der Waals surface area contributed by atoms with E-state index in [1.807, 2.05) is 20.8 Å². The van der Waals surface area contributed by atoms with E-state index in [0.717, 1.165) is 6.42 Å². The van der Waals surface area contributed by atoms with E-state index in [0.29, 0.717) is 0 Å². The van der Waals surface area contributed by atoms with Gasteiger partial charge >= 0.3 is 0 Å². The average molecular weight is 503 g/mol. The molecule has 0 heterocycles. The monoisotopic (exact) mass is 503 g/mol. The van der Waals surface area contributed by atoms with Gasteiger partial charge in [-0.25, -0.2) is 17.9 Å². The fourth-order valence-corrected chi connectivity index (χ4v) is 0.526. The molecule has 0 nitrogen and oxygen atoms in total. The molecule has 0 saturated heterocycles. The van der Waals surface area contributed by atoms with Gasteiger partial charge in [-0.15, -0.1) is 11.1 Å². The minimum Gasteiger partial charge on any atom is -0.358 e. The molecule has 0 aromatic rings. The molecule has 3 heteroatoms. The molecule has 0 N–H and O–H groups in total. The van der Waals surface area contributed by atoms with Crippen molar-refractivity contribution in [2.24, 2.45) is 5.41 Å². The maximum atomic E-state index is 3.49. The molecule has 0 rings (SSSR count). The molecule has 0 bridgehead atoms. The van der Waals surface area contributed by atoms with Crippen LogP contribution in [0.2, 0.25) is 0 Å². The van der Waals surface area contributed by atoms with Crippen molar-refractivity contribution in [3.8, 4) is 0 Å². The van der Waals surface area contributed by atoms with Gasteiger partial charge in [-0.3, -0.25) is 17.2 Å². The molecule has 21 heavy (non-hydrogen) atoms. The summed E-state index contributed by atoms with van der Waals surface area (Å²) in [6, 6.07) is 0.